The highest BCUT2D eigenvalue weighted by molar-refractivity contribution is 6.62. The van der Waals surface area contributed by atoms with Gasteiger partial charge in [-0.25, -0.2) is 0 Å². The molecule has 124 valence electrons. The number of nitrogens with zero attached hydrogens (tertiary/aromatic N) is 2. The lowest BCUT2D eigenvalue weighted by Gasteiger charge is -2.26. The minimum atomic E-state index is -1.33. The van der Waals surface area contributed by atoms with E-state index in [2.05, 4.69) is 0 Å². The van der Waals surface area contributed by atoms with Crippen LogP contribution < -0.4 is 4.90 Å². The van der Waals surface area contributed by atoms with Crippen LogP contribution in [0.1, 0.15) is 12.8 Å². The highest BCUT2D eigenvalue weighted by Crippen LogP contribution is 2.62. The molecule has 1 aromatic carbocycles. The summed E-state index contributed by atoms with van der Waals surface area (Å²) in [5, 5.41) is 0.600. The molecule has 0 bridgehead atoms. The maximum absolute atomic E-state index is 12.6. The molecule has 1 aliphatic heterocycles. The summed E-state index contributed by atoms with van der Waals surface area (Å²) in [6.07, 6.45) is 0.698. The maximum atomic E-state index is 12.6. The van der Waals surface area contributed by atoms with E-state index in [4.69, 9.17) is 46.4 Å². The first kappa shape index (κ1) is 17.2. The Morgan fingerprint density at radius 2 is 1.83 bits per heavy atom. The summed E-state index contributed by atoms with van der Waals surface area (Å²) in [7, 11) is 1.56. The average Bonchev–Trinajstić information content (AvgIpc) is 2.82. The Labute approximate surface area is 154 Å². The van der Waals surface area contributed by atoms with Crippen molar-refractivity contribution in [3.8, 4) is 0 Å². The fourth-order valence-corrected chi connectivity index (χ4v) is 3.98. The quantitative estimate of drug-likeness (QED) is 0.735. The second-order valence-electron chi connectivity index (χ2n) is 5.87. The monoisotopic (exact) mass is 394 g/mol. The number of halogens is 4. The normalized spacial score (nSPS) is 28.8. The Balaban J connectivity index is 1.74. The van der Waals surface area contributed by atoms with E-state index in [-0.39, 0.29) is 12.3 Å². The van der Waals surface area contributed by atoms with Crippen LogP contribution in [0, 0.1) is 0 Å². The number of benzene rings is 1. The van der Waals surface area contributed by atoms with Gasteiger partial charge in [0.05, 0.1) is 0 Å². The maximum Gasteiger partial charge on any atom is 0.249 e. The molecule has 1 saturated carbocycles. The molecule has 1 heterocycles. The molecule has 0 N–H and O–H groups in total. The Hall–Kier alpha value is -0.680. The predicted molar refractivity (Wildman–Crippen MR) is 92.6 cm³/mol. The third kappa shape index (κ3) is 2.80. The van der Waals surface area contributed by atoms with Crippen molar-refractivity contribution in [1.29, 1.82) is 0 Å². The number of alkyl halides is 3. The lowest BCUT2D eigenvalue weighted by atomic mass is 10.2. The Bertz CT molecular complexity index is 664. The van der Waals surface area contributed by atoms with Crippen molar-refractivity contribution in [3.63, 3.8) is 0 Å². The Morgan fingerprint density at radius 1 is 1.26 bits per heavy atom. The van der Waals surface area contributed by atoms with Crippen molar-refractivity contribution < 1.29 is 9.59 Å². The van der Waals surface area contributed by atoms with Crippen LogP contribution in [0.4, 0.5) is 5.69 Å². The van der Waals surface area contributed by atoms with Gasteiger partial charge in [-0.1, -0.05) is 34.8 Å². The standard InChI is InChI=1S/C15H14Cl4N2O2/c1-20(13(23)14(17)8-15(14,18)19)11-6-7-21(12(11)22)10-4-2-9(16)3-5-10/h2-5,11H,6-8H2,1H3. The van der Waals surface area contributed by atoms with E-state index in [1.165, 1.54) is 4.90 Å². The van der Waals surface area contributed by atoms with Crippen LogP contribution in [0.5, 0.6) is 0 Å². The summed E-state index contributed by atoms with van der Waals surface area (Å²) in [6.45, 7) is 0.519. The first-order chi connectivity index (χ1) is 10.7. The van der Waals surface area contributed by atoms with Crippen LogP contribution in [-0.2, 0) is 9.59 Å². The topological polar surface area (TPSA) is 40.6 Å². The van der Waals surface area contributed by atoms with Crippen LogP contribution >= 0.6 is 46.4 Å². The SMILES string of the molecule is CN(C(=O)C1(Cl)CC1(Cl)Cl)C1CCN(c2ccc(Cl)cc2)C1=O. The number of likely N-dealkylation sites (N-methyl/N-ethyl adjacent to an activating group) is 1. The zero-order valence-electron chi connectivity index (χ0n) is 12.2. The molecule has 2 amide bonds. The molecule has 1 aromatic rings. The van der Waals surface area contributed by atoms with E-state index in [9.17, 15) is 9.59 Å². The fraction of sp³-hybridized carbons (Fsp3) is 0.467. The van der Waals surface area contributed by atoms with E-state index >= 15 is 0 Å². The molecule has 23 heavy (non-hydrogen) atoms. The van der Waals surface area contributed by atoms with Gasteiger partial charge >= 0.3 is 0 Å². The van der Waals surface area contributed by atoms with Crippen molar-refractivity contribution in [3.05, 3.63) is 29.3 Å². The third-order valence-electron chi connectivity index (χ3n) is 4.36. The number of anilines is 1. The molecular formula is C15H14Cl4N2O2. The summed E-state index contributed by atoms with van der Waals surface area (Å²) < 4.78 is -1.27. The van der Waals surface area contributed by atoms with Gasteiger partial charge in [-0.05, 0) is 30.7 Å². The van der Waals surface area contributed by atoms with Gasteiger partial charge in [0, 0.05) is 30.7 Å². The van der Waals surface area contributed by atoms with Crippen LogP contribution in [-0.4, -0.2) is 45.6 Å². The molecular weight excluding hydrogens is 382 g/mol. The van der Waals surface area contributed by atoms with Gasteiger partial charge in [-0.15, -0.1) is 11.6 Å². The minimum Gasteiger partial charge on any atom is -0.332 e. The van der Waals surface area contributed by atoms with Gasteiger partial charge in [0.1, 0.15) is 10.4 Å². The van der Waals surface area contributed by atoms with E-state index in [0.717, 1.165) is 5.69 Å². The van der Waals surface area contributed by atoms with E-state index in [0.29, 0.717) is 18.0 Å². The van der Waals surface area contributed by atoms with Crippen LogP contribution in [0.3, 0.4) is 0 Å². The first-order valence-corrected chi connectivity index (χ1v) is 8.59. The van der Waals surface area contributed by atoms with E-state index in [1.807, 2.05) is 0 Å². The molecule has 2 atom stereocenters. The molecule has 2 unspecified atom stereocenters. The molecule has 2 aliphatic rings. The lowest BCUT2D eigenvalue weighted by Crippen LogP contribution is -2.47. The lowest BCUT2D eigenvalue weighted by molar-refractivity contribution is -0.137. The van der Waals surface area contributed by atoms with Gasteiger partial charge in [0.25, 0.3) is 0 Å². The molecule has 1 aliphatic carbocycles. The number of rotatable bonds is 3. The van der Waals surface area contributed by atoms with Gasteiger partial charge < -0.3 is 9.80 Å². The van der Waals surface area contributed by atoms with Crippen LogP contribution in [0.25, 0.3) is 0 Å². The van der Waals surface area contributed by atoms with Gasteiger partial charge in [0.15, 0.2) is 4.87 Å². The number of hydrogen-bond acceptors (Lipinski definition) is 2. The molecule has 4 nitrogen and oxygen atoms in total. The van der Waals surface area contributed by atoms with E-state index in [1.54, 1.807) is 36.2 Å². The molecule has 8 heteroatoms. The van der Waals surface area contributed by atoms with Crippen molar-refractivity contribution in [2.45, 2.75) is 28.1 Å². The van der Waals surface area contributed by atoms with E-state index < -0.39 is 21.2 Å². The summed E-state index contributed by atoms with van der Waals surface area (Å²) in [4.78, 5) is 26.8. The fourth-order valence-electron chi connectivity index (χ4n) is 2.82. The minimum absolute atomic E-state index is 0.154. The first-order valence-electron chi connectivity index (χ1n) is 7.08. The molecule has 0 aromatic heterocycles. The van der Waals surface area contributed by atoms with Crippen molar-refractivity contribution in [2.24, 2.45) is 0 Å². The van der Waals surface area contributed by atoms with Crippen LogP contribution in [0.2, 0.25) is 5.02 Å². The smallest absolute Gasteiger partial charge is 0.249 e. The summed E-state index contributed by atoms with van der Waals surface area (Å²) >= 11 is 23.9. The van der Waals surface area contributed by atoms with Crippen molar-refractivity contribution in [1.82, 2.24) is 4.90 Å². The molecule has 3 rings (SSSR count). The largest absolute Gasteiger partial charge is 0.332 e. The third-order valence-corrected chi connectivity index (χ3v) is 6.34. The zero-order chi connectivity index (χ0) is 17.0. The Kier molecular flexibility index (Phi) is 4.25. The second kappa shape index (κ2) is 5.69. The number of carbonyl (C=O) groups excluding carboxylic acids is 2. The Morgan fingerprint density at radius 3 is 2.35 bits per heavy atom. The second-order valence-corrected chi connectivity index (χ2v) is 8.43. The number of hydrogen-bond donors (Lipinski definition) is 0. The van der Waals surface area contributed by atoms with Crippen molar-refractivity contribution in [2.75, 3.05) is 18.5 Å². The highest BCUT2D eigenvalue weighted by Gasteiger charge is 2.72. The molecule has 0 radical (unpaired) electrons. The summed E-state index contributed by atoms with van der Waals surface area (Å²) in [6, 6.07) is 6.42. The van der Waals surface area contributed by atoms with Crippen LogP contribution in [0.15, 0.2) is 24.3 Å². The predicted octanol–water partition coefficient (Wildman–Crippen LogP) is 3.46. The van der Waals surface area contributed by atoms with Gasteiger partial charge in [-0.2, -0.15) is 0 Å². The highest BCUT2D eigenvalue weighted by atomic mass is 35.5. The molecule has 2 fully saturated rings. The van der Waals surface area contributed by atoms with Gasteiger partial charge in [0.2, 0.25) is 11.8 Å². The zero-order valence-corrected chi connectivity index (χ0v) is 15.3. The van der Waals surface area contributed by atoms with Gasteiger partial charge in [-0.3, -0.25) is 9.59 Å². The van der Waals surface area contributed by atoms with Crippen molar-refractivity contribution >= 4 is 63.9 Å². The molecule has 1 saturated heterocycles. The average molecular weight is 396 g/mol. The summed E-state index contributed by atoms with van der Waals surface area (Å²) in [5.41, 5.74) is 0.749. The molecule has 0 spiro atoms. The number of carbonyl (C=O) groups is 2. The number of amides is 2. The summed E-state index contributed by atoms with van der Waals surface area (Å²) in [5.74, 6) is -0.570.